The van der Waals surface area contributed by atoms with Crippen LogP contribution in [0, 0.1) is 5.41 Å². The minimum atomic E-state index is -0.131. The quantitative estimate of drug-likeness (QED) is 0.825. The molecule has 0 saturated heterocycles. The lowest BCUT2D eigenvalue weighted by atomic mass is 9.85. The molecule has 1 amide bonds. The molecule has 0 fully saturated rings. The van der Waals surface area contributed by atoms with E-state index in [1.54, 1.807) is 24.3 Å². The third-order valence-corrected chi connectivity index (χ3v) is 2.87. The molecular weight excluding hydrogens is 216 g/mol. The van der Waals surface area contributed by atoms with Crippen molar-refractivity contribution in [3.05, 3.63) is 18.2 Å². The molecule has 1 unspecified atom stereocenters. The Kier molecular flexibility index (Phi) is 4.28. The summed E-state index contributed by atoms with van der Waals surface area (Å²) in [6.07, 6.45) is 3.78. The van der Waals surface area contributed by atoms with E-state index in [2.05, 4.69) is 9.97 Å². The number of aromatic nitrogens is 2. The maximum Gasteiger partial charge on any atom is 0.224 e. The summed E-state index contributed by atoms with van der Waals surface area (Å²) in [5.41, 5.74) is 5.94. The lowest BCUT2D eigenvalue weighted by Gasteiger charge is -2.28. The zero-order valence-corrected chi connectivity index (χ0v) is 11.0. The van der Waals surface area contributed by atoms with E-state index >= 15 is 0 Å². The SMILES string of the molecule is CN(Cc1ncc[nH]1)C(=O)CC(N)C(C)(C)C. The molecule has 5 heteroatoms. The average Bonchev–Trinajstić information content (AvgIpc) is 2.68. The molecule has 0 saturated carbocycles. The Morgan fingerprint density at radius 2 is 2.24 bits per heavy atom. The molecule has 1 rings (SSSR count). The predicted octanol–water partition coefficient (Wildman–Crippen LogP) is 1.13. The number of carbonyl (C=O) groups excluding carboxylic acids is 1. The smallest absolute Gasteiger partial charge is 0.224 e. The zero-order chi connectivity index (χ0) is 13.1. The van der Waals surface area contributed by atoms with Gasteiger partial charge in [-0.25, -0.2) is 4.98 Å². The van der Waals surface area contributed by atoms with Gasteiger partial charge in [-0.05, 0) is 5.41 Å². The van der Waals surface area contributed by atoms with E-state index in [1.807, 2.05) is 20.8 Å². The van der Waals surface area contributed by atoms with Crippen molar-refractivity contribution in [2.24, 2.45) is 11.1 Å². The van der Waals surface area contributed by atoms with Gasteiger partial charge in [0.1, 0.15) is 5.82 Å². The first kappa shape index (κ1) is 13.7. The van der Waals surface area contributed by atoms with Gasteiger partial charge in [-0.2, -0.15) is 0 Å². The average molecular weight is 238 g/mol. The summed E-state index contributed by atoms with van der Waals surface area (Å²) in [6, 6.07) is -0.131. The molecule has 0 radical (unpaired) electrons. The first-order valence-corrected chi connectivity index (χ1v) is 5.78. The number of carbonyl (C=O) groups is 1. The fourth-order valence-corrected chi connectivity index (χ4v) is 1.35. The molecule has 96 valence electrons. The van der Waals surface area contributed by atoms with E-state index in [1.165, 1.54) is 0 Å². The van der Waals surface area contributed by atoms with Crippen molar-refractivity contribution in [2.75, 3.05) is 7.05 Å². The van der Waals surface area contributed by atoms with Crippen molar-refractivity contribution in [2.45, 2.75) is 39.8 Å². The van der Waals surface area contributed by atoms with Gasteiger partial charge in [0.05, 0.1) is 6.54 Å². The number of nitrogens with one attached hydrogen (secondary N) is 1. The fourth-order valence-electron chi connectivity index (χ4n) is 1.35. The lowest BCUT2D eigenvalue weighted by Crippen LogP contribution is -2.40. The minimum absolute atomic E-state index is 0.0452. The molecule has 0 aromatic carbocycles. The summed E-state index contributed by atoms with van der Waals surface area (Å²) in [4.78, 5) is 20.6. The highest BCUT2D eigenvalue weighted by atomic mass is 16.2. The van der Waals surface area contributed by atoms with Gasteiger partial charge >= 0.3 is 0 Å². The largest absolute Gasteiger partial charge is 0.347 e. The van der Waals surface area contributed by atoms with E-state index in [-0.39, 0.29) is 17.4 Å². The van der Waals surface area contributed by atoms with Crippen molar-refractivity contribution in [3.8, 4) is 0 Å². The van der Waals surface area contributed by atoms with Gasteiger partial charge in [-0.1, -0.05) is 20.8 Å². The van der Waals surface area contributed by atoms with Crippen LogP contribution in [0.4, 0.5) is 0 Å². The summed E-state index contributed by atoms with van der Waals surface area (Å²) in [6.45, 7) is 6.61. The van der Waals surface area contributed by atoms with E-state index in [9.17, 15) is 4.79 Å². The van der Waals surface area contributed by atoms with Crippen LogP contribution in [-0.2, 0) is 11.3 Å². The van der Waals surface area contributed by atoms with Crippen LogP contribution in [0.2, 0.25) is 0 Å². The number of nitrogens with zero attached hydrogens (tertiary/aromatic N) is 2. The molecule has 1 atom stereocenters. The van der Waals surface area contributed by atoms with Crippen LogP contribution in [0.25, 0.3) is 0 Å². The van der Waals surface area contributed by atoms with Crippen LogP contribution in [0.1, 0.15) is 33.0 Å². The van der Waals surface area contributed by atoms with Crippen molar-refractivity contribution in [3.63, 3.8) is 0 Å². The Bertz CT molecular complexity index is 353. The summed E-state index contributed by atoms with van der Waals surface area (Å²) < 4.78 is 0. The third kappa shape index (κ3) is 4.19. The van der Waals surface area contributed by atoms with Gasteiger partial charge in [0.15, 0.2) is 0 Å². The van der Waals surface area contributed by atoms with Crippen LogP contribution in [-0.4, -0.2) is 33.9 Å². The molecule has 17 heavy (non-hydrogen) atoms. The summed E-state index contributed by atoms with van der Waals surface area (Å²) in [5, 5.41) is 0. The Balaban J connectivity index is 2.48. The molecule has 3 N–H and O–H groups in total. The van der Waals surface area contributed by atoms with Gasteiger partial charge in [0.25, 0.3) is 0 Å². The van der Waals surface area contributed by atoms with Gasteiger partial charge in [0.2, 0.25) is 5.91 Å². The Morgan fingerprint density at radius 1 is 1.59 bits per heavy atom. The van der Waals surface area contributed by atoms with E-state index in [0.717, 1.165) is 5.82 Å². The van der Waals surface area contributed by atoms with Crippen LogP contribution in [0.15, 0.2) is 12.4 Å². The van der Waals surface area contributed by atoms with Gasteiger partial charge < -0.3 is 15.6 Å². The number of aromatic amines is 1. The molecule has 0 aliphatic carbocycles. The monoisotopic (exact) mass is 238 g/mol. The molecule has 5 nitrogen and oxygen atoms in total. The van der Waals surface area contributed by atoms with Crippen molar-refractivity contribution in [1.29, 1.82) is 0 Å². The molecule has 0 aliphatic rings. The molecular formula is C12H22N4O. The topological polar surface area (TPSA) is 75.0 Å². The Morgan fingerprint density at radius 3 is 2.71 bits per heavy atom. The summed E-state index contributed by atoms with van der Waals surface area (Å²) in [7, 11) is 1.76. The maximum atomic E-state index is 11.9. The zero-order valence-electron chi connectivity index (χ0n) is 11.0. The normalized spacial score (nSPS) is 13.5. The molecule has 1 heterocycles. The highest BCUT2D eigenvalue weighted by molar-refractivity contribution is 5.76. The van der Waals surface area contributed by atoms with E-state index < -0.39 is 0 Å². The number of hydrogen-bond acceptors (Lipinski definition) is 3. The van der Waals surface area contributed by atoms with Crippen LogP contribution in [0.5, 0.6) is 0 Å². The van der Waals surface area contributed by atoms with Gasteiger partial charge in [0, 0.05) is 31.9 Å². The molecule has 0 spiro atoms. The summed E-state index contributed by atoms with van der Waals surface area (Å²) in [5.74, 6) is 0.828. The maximum absolute atomic E-state index is 11.9. The van der Waals surface area contributed by atoms with Gasteiger partial charge in [-0.3, -0.25) is 4.79 Å². The number of nitrogens with two attached hydrogens (primary N) is 1. The fraction of sp³-hybridized carbons (Fsp3) is 0.667. The van der Waals surface area contributed by atoms with Crippen molar-refractivity contribution >= 4 is 5.91 Å². The Hall–Kier alpha value is -1.36. The number of rotatable bonds is 4. The molecule has 0 aliphatic heterocycles. The predicted molar refractivity (Wildman–Crippen MR) is 67.1 cm³/mol. The van der Waals surface area contributed by atoms with Crippen LogP contribution in [0.3, 0.4) is 0 Å². The van der Waals surface area contributed by atoms with Crippen LogP contribution >= 0.6 is 0 Å². The number of imidazole rings is 1. The minimum Gasteiger partial charge on any atom is -0.347 e. The number of hydrogen-bond donors (Lipinski definition) is 2. The lowest BCUT2D eigenvalue weighted by molar-refractivity contribution is -0.131. The first-order valence-electron chi connectivity index (χ1n) is 5.78. The van der Waals surface area contributed by atoms with Gasteiger partial charge in [-0.15, -0.1) is 0 Å². The second-order valence-electron chi connectivity index (χ2n) is 5.46. The van der Waals surface area contributed by atoms with Crippen molar-refractivity contribution < 1.29 is 4.79 Å². The standard InChI is InChI=1S/C12H22N4O/c1-12(2,3)9(13)7-11(17)16(4)8-10-14-5-6-15-10/h5-6,9H,7-8,13H2,1-4H3,(H,14,15). The van der Waals surface area contributed by atoms with Crippen LogP contribution < -0.4 is 5.73 Å². The molecule has 1 aromatic heterocycles. The second kappa shape index (κ2) is 5.31. The van der Waals surface area contributed by atoms with Crippen molar-refractivity contribution in [1.82, 2.24) is 14.9 Å². The van der Waals surface area contributed by atoms with E-state index in [4.69, 9.17) is 5.73 Å². The first-order chi connectivity index (χ1) is 7.80. The highest BCUT2D eigenvalue weighted by Gasteiger charge is 2.24. The van der Waals surface area contributed by atoms with E-state index in [0.29, 0.717) is 13.0 Å². The molecule has 1 aromatic rings. The second-order valence-corrected chi connectivity index (χ2v) is 5.46. The number of H-pyrrole nitrogens is 1. The summed E-state index contributed by atoms with van der Waals surface area (Å²) >= 11 is 0. The molecule has 0 bridgehead atoms. The third-order valence-electron chi connectivity index (χ3n) is 2.87. The Labute approximate surface area is 102 Å². The highest BCUT2D eigenvalue weighted by Crippen LogP contribution is 2.20. The number of amides is 1.